The van der Waals surface area contributed by atoms with Gasteiger partial charge < -0.3 is 4.90 Å². The Labute approximate surface area is 135 Å². The van der Waals surface area contributed by atoms with Crippen LogP contribution in [0.15, 0.2) is 29.6 Å². The van der Waals surface area contributed by atoms with Crippen molar-refractivity contribution in [3.05, 3.63) is 51.5 Å². The number of amides is 1. The minimum absolute atomic E-state index is 0.147. The third-order valence-electron chi connectivity index (χ3n) is 3.95. The molecule has 1 aromatic heterocycles. The van der Waals surface area contributed by atoms with Crippen molar-refractivity contribution in [1.82, 2.24) is 14.8 Å². The molecule has 1 aliphatic rings. The van der Waals surface area contributed by atoms with Gasteiger partial charge in [0.25, 0.3) is 5.91 Å². The summed E-state index contributed by atoms with van der Waals surface area (Å²) in [5.41, 5.74) is 3.01. The van der Waals surface area contributed by atoms with Crippen molar-refractivity contribution in [3.8, 4) is 0 Å². The van der Waals surface area contributed by atoms with E-state index in [2.05, 4.69) is 15.3 Å². The highest BCUT2D eigenvalue weighted by molar-refractivity contribution is 7.09. The van der Waals surface area contributed by atoms with E-state index in [1.807, 2.05) is 43.0 Å². The number of piperazine rings is 1. The summed E-state index contributed by atoms with van der Waals surface area (Å²) in [5, 5.41) is 3.25. The first-order chi connectivity index (χ1) is 10.6. The quantitative estimate of drug-likeness (QED) is 0.874. The van der Waals surface area contributed by atoms with E-state index in [9.17, 15) is 4.79 Å². The average molecular weight is 315 g/mol. The fourth-order valence-corrected chi connectivity index (χ4v) is 3.55. The number of aromatic nitrogens is 1. The molecule has 2 aromatic rings. The summed E-state index contributed by atoms with van der Waals surface area (Å²) in [4.78, 5) is 21.4. The van der Waals surface area contributed by atoms with Gasteiger partial charge in [0.1, 0.15) is 5.01 Å². The minimum Gasteiger partial charge on any atom is -0.336 e. The Morgan fingerprint density at radius 1 is 1.23 bits per heavy atom. The van der Waals surface area contributed by atoms with E-state index in [1.54, 1.807) is 11.3 Å². The average Bonchev–Trinajstić information content (AvgIpc) is 2.92. The van der Waals surface area contributed by atoms with Gasteiger partial charge >= 0.3 is 0 Å². The third kappa shape index (κ3) is 3.54. The summed E-state index contributed by atoms with van der Waals surface area (Å²) in [6.07, 6.45) is 0. The van der Waals surface area contributed by atoms with Gasteiger partial charge in [-0.1, -0.05) is 17.7 Å². The second-order valence-corrected chi connectivity index (χ2v) is 6.76. The molecule has 1 saturated heterocycles. The summed E-state index contributed by atoms with van der Waals surface area (Å²) in [7, 11) is 0. The molecule has 0 atom stereocenters. The predicted octanol–water partition coefficient (Wildman–Crippen LogP) is 2.72. The zero-order valence-corrected chi connectivity index (χ0v) is 13.9. The summed E-state index contributed by atoms with van der Waals surface area (Å²) in [5.74, 6) is 0.147. The van der Waals surface area contributed by atoms with Crippen molar-refractivity contribution in [3.63, 3.8) is 0 Å². The largest absolute Gasteiger partial charge is 0.336 e. The molecule has 5 heteroatoms. The molecule has 0 N–H and O–H groups in total. The van der Waals surface area contributed by atoms with Gasteiger partial charge in [-0.2, -0.15) is 0 Å². The number of rotatable bonds is 3. The number of carbonyl (C=O) groups excluding carboxylic acids is 1. The lowest BCUT2D eigenvalue weighted by Crippen LogP contribution is -2.48. The fraction of sp³-hybridized carbons (Fsp3) is 0.412. The molecule has 1 aliphatic heterocycles. The summed E-state index contributed by atoms with van der Waals surface area (Å²) < 4.78 is 0. The van der Waals surface area contributed by atoms with E-state index < -0.39 is 0 Å². The number of thiazole rings is 1. The zero-order chi connectivity index (χ0) is 15.5. The van der Waals surface area contributed by atoms with Gasteiger partial charge in [0, 0.05) is 42.8 Å². The molecule has 0 bridgehead atoms. The van der Waals surface area contributed by atoms with E-state index in [4.69, 9.17) is 0 Å². The van der Waals surface area contributed by atoms with Gasteiger partial charge in [-0.25, -0.2) is 4.98 Å². The van der Waals surface area contributed by atoms with E-state index in [0.29, 0.717) is 0 Å². The lowest BCUT2D eigenvalue weighted by molar-refractivity contribution is 0.0628. The van der Waals surface area contributed by atoms with E-state index in [-0.39, 0.29) is 5.91 Å². The van der Waals surface area contributed by atoms with E-state index >= 15 is 0 Å². The van der Waals surface area contributed by atoms with Crippen LogP contribution in [0.25, 0.3) is 0 Å². The van der Waals surface area contributed by atoms with Gasteiger partial charge in [-0.15, -0.1) is 11.3 Å². The third-order valence-corrected chi connectivity index (χ3v) is 4.90. The van der Waals surface area contributed by atoms with Crippen LogP contribution < -0.4 is 0 Å². The monoisotopic (exact) mass is 315 g/mol. The van der Waals surface area contributed by atoms with Crippen LogP contribution in [0.2, 0.25) is 0 Å². The Morgan fingerprint density at radius 3 is 2.64 bits per heavy atom. The molecule has 1 aromatic carbocycles. The topological polar surface area (TPSA) is 36.4 Å². The maximum atomic E-state index is 12.5. The Kier molecular flexibility index (Phi) is 4.55. The Hall–Kier alpha value is -1.72. The lowest BCUT2D eigenvalue weighted by Gasteiger charge is -2.34. The highest BCUT2D eigenvalue weighted by atomic mass is 32.1. The Bertz CT molecular complexity index is 659. The predicted molar refractivity (Wildman–Crippen MR) is 89.2 cm³/mol. The van der Waals surface area contributed by atoms with Crippen molar-refractivity contribution in [2.24, 2.45) is 0 Å². The number of benzene rings is 1. The van der Waals surface area contributed by atoms with Crippen LogP contribution in [0.5, 0.6) is 0 Å². The second kappa shape index (κ2) is 6.58. The molecular formula is C17H21N3OS. The van der Waals surface area contributed by atoms with Crippen LogP contribution >= 0.6 is 11.3 Å². The molecule has 0 aliphatic carbocycles. The number of hydrogen-bond acceptors (Lipinski definition) is 4. The maximum Gasteiger partial charge on any atom is 0.253 e. The van der Waals surface area contributed by atoms with Crippen molar-refractivity contribution in [2.45, 2.75) is 20.4 Å². The Morgan fingerprint density at radius 2 is 2.00 bits per heavy atom. The molecule has 0 unspecified atom stereocenters. The van der Waals surface area contributed by atoms with Crippen LogP contribution in [0, 0.1) is 13.8 Å². The van der Waals surface area contributed by atoms with E-state index in [1.165, 1.54) is 0 Å². The Balaban J connectivity index is 1.56. The smallest absolute Gasteiger partial charge is 0.253 e. The molecule has 1 fully saturated rings. The molecule has 2 heterocycles. The minimum atomic E-state index is 0.147. The highest BCUT2D eigenvalue weighted by Gasteiger charge is 2.22. The van der Waals surface area contributed by atoms with Crippen molar-refractivity contribution in [1.29, 1.82) is 0 Å². The maximum absolute atomic E-state index is 12.5. The van der Waals surface area contributed by atoms with Crippen LogP contribution in [0.1, 0.15) is 26.6 Å². The summed E-state index contributed by atoms with van der Waals surface area (Å²) in [6.45, 7) is 8.34. The van der Waals surface area contributed by atoms with Gasteiger partial charge in [-0.05, 0) is 26.0 Å². The normalized spacial score (nSPS) is 16.0. The number of carbonyl (C=O) groups is 1. The molecule has 4 nitrogen and oxygen atoms in total. The fourth-order valence-electron chi connectivity index (χ4n) is 2.74. The van der Waals surface area contributed by atoms with Crippen LogP contribution in [0.4, 0.5) is 0 Å². The number of hydrogen-bond donors (Lipinski definition) is 0. The SMILES string of the molecule is Cc1cccc(C(=O)N2CCN(Cc3nc(C)cs3)CC2)c1. The second-order valence-electron chi connectivity index (χ2n) is 5.82. The van der Waals surface area contributed by atoms with Crippen LogP contribution in [0.3, 0.4) is 0 Å². The first kappa shape index (κ1) is 15.2. The molecule has 0 saturated carbocycles. The molecule has 116 valence electrons. The molecule has 1 amide bonds. The molecular weight excluding hydrogens is 294 g/mol. The van der Waals surface area contributed by atoms with Gasteiger partial charge in [0.05, 0.1) is 6.54 Å². The summed E-state index contributed by atoms with van der Waals surface area (Å²) >= 11 is 1.72. The standard InChI is InChI=1S/C17H21N3OS/c1-13-4-3-5-15(10-13)17(21)20-8-6-19(7-9-20)11-16-18-14(2)12-22-16/h3-5,10,12H,6-9,11H2,1-2H3. The van der Waals surface area contributed by atoms with Crippen LogP contribution in [-0.4, -0.2) is 46.9 Å². The molecule has 0 radical (unpaired) electrons. The molecule has 3 rings (SSSR count). The van der Waals surface area contributed by atoms with Crippen molar-refractivity contribution < 1.29 is 4.79 Å². The van der Waals surface area contributed by atoms with Crippen molar-refractivity contribution in [2.75, 3.05) is 26.2 Å². The van der Waals surface area contributed by atoms with Gasteiger partial charge in [-0.3, -0.25) is 9.69 Å². The van der Waals surface area contributed by atoms with Crippen molar-refractivity contribution >= 4 is 17.2 Å². The van der Waals surface area contributed by atoms with Gasteiger partial charge in [0.15, 0.2) is 0 Å². The highest BCUT2D eigenvalue weighted by Crippen LogP contribution is 2.15. The lowest BCUT2D eigenvalue weighted by atomic mass is 10.1. The number of nitrogens with zero attached hydrogens (tertiary/aromatic N) is 3. The zero-order valence-electron chi connectivity index (χ0n) is 13.1. The first-order valence-electron chi connectivity index (χ1n) is 7.61. The molecule has 22 heavy (non-hydrogen) atoms. The van der Waals surface area contributed by atoms with E-state index in [0.717, 1.165) is 54.6 Å². The number of aryl methyl sites for hydroxylation is 2. The van der Waals surface area contributed by atoms with Crippen LogP contribution in [-0.2, 0) is 6.54 Å². The summed E-state index contributed by atoms with van der Waals surface area (Å²) in [6, 6.07) is 7.83. The van der Waals surface area contributed by atoms with Gasteiger partial charge in [0.2, 0.25) is 0 Å². The first-order valence-corrected chi connectivity index (χ1v) is 8.49. The molecule has 0 spiro atoms.